The van der Waals surface area contributed by atoms with Crippen LogP contribution in [0, 0.1) is 13.5 Å². The van der Waals surface area contributed by atoms with Crippen LogP contribution in [0.25, 0.3) is 4.85 Å². The minimum atomic E-state index is -0.559. The van der Waals surface area contributed by atoms with E-state index in [2.05, 4.69) is 4.85 Å². The maximum atomic E-state index is 10.7. The fourth-order valence-corrected chi connectivity index (χ4v) is 0.779. The first-order valence-corrected chi connectivity index (χ1v) is 3.02. The second kappa shape index (κ2) is 2.98. The van der Waals surface area contributed by atoms with Gasteiger partial charge >= 0.3 is 0 Å². The Morgan fingerprint density at radius 2 is 2.09 bits per heavy atom. The van der Waals surface area contributed by atoms with Crippen LogP contribution in [0.3, 0.4) is 0 Å². The summed E-state index contributed by atoms with van der Waals surface area (Å²) in [6, 6.07) is 6.47. The first-order chi connectivity index (χ1) is 5.25. The predicted octanol–water partition coefficient (Wildman–Crippen LogP) is 2.13. The Morgan fingerprint density at radius 1 is 1.45 bits per heavy atom. The number of hydrogen-bond donors (Lipinski definition) is 0. The van der Waals surface area contributed by atoms with E-state index in [1.165, 1.54) is 6.07 Å². The van der Waals surface area contributed by atoms with Crippen LogP contribution in [-0.4, -0.2) is 5.78 Å². The van der Waals surface area contributed by atoms with Gasteiger partial charge in [-0.2, -0.15) is 0 Å². The summed E-state index contributed by atoms with van der Waals surface area (Å²) in [7, 11) is 0. The molecule has 0 spiro atoms. The highest BCUT2D eigenvalue weighted by Crippen LogP contribution is 2.17. The SMILES string of the molecule is [C-]#[N+]c1ccccc1C([CH])=O. The molecule has 52 valence electrons. The molecular weight excluding hydrogens is 138 g/mol. The number of hydrogen-bond acceptors (Lipinski definition) is 1. The van der Waals surface area contributed by atoms with Crippen LogP contribution in [0.5, 0.6) is 0 Å². The first-order valence-electron chi connectivity index (χ1n) is 3.02. The molecule has 0 bridgehead atoms. The summed E-state index contributed by atoms with van der Waals surface area (Å²) in [4.78, 5) is 13.8. The van der Waals surface area contributed by atoms with E-state index in [9.17, 15) is 4.79 Å². The smallest absolute Gasteiger partial charge is 0.197 e. The van der Waals surface area contributed by atoms with Crippen molar-refractivity contribution in [3.05, 3.63) is 48.2 Å². The second-order valence-electron chi connectivity index (χ2n) is 1.99. The van der Waals surface area contributed by atoms with Crippen LogP contribution in [-0.2, 0) is 0 Å². The Morgan fingerprint density at radius 3 is 2.55 bits per heavy atom. The second-order valence-corrected chi connectivity index (χ2v) is 1.99. The van der Waals surface area contributed by atoms with Crippen molar-refractivity contribution >= 4 is 11.5 Å². The molecule has 0 saturated heterocycles. The minimum Gasteiger partial charge on any atom is -0.295 e. The Kier molecular flexibility index (Phi) is 2.03. The Balaban J connectivity index is 3.26. The van der Waals surface area contributed by atoms with E-state index in [1.54, 1.807) is 18.2 Å². The zero-order chi connectivity index (χ0) is 8.27. The fourth-order valence-electron chi connectivity index (χ4n) is 0.779. The molecular formula is C9H5NO. The Hall–Kier alpha value is -1.62. The van der Waals surface area contributed by atoms with Gasteiger partial charge in [0, 0.05) is 12.5 Å². The third-order valence-corrected chi connectivity index (χ3v) is 1.29. The molecule has 0 atom stereocenters. The van der Waals surface area contributed by atoms with Crippen molar-refractivity contribution in [2.75, 3.05) is 0 Å². The predicted molar refractivity (Wildman–Crippen MR) is 41.3 cm³/mol. The molecule has 0 saturated carbocycles. The van der Waals surface area contributed by atoms with Crippen LogP contribution < -0.4 is 0 Å². The lowest BCUT2D eigenvalue weighted by atomic mass is 10.1. The van der Waals surface area contributed by atoms with Crippen molar-refractivity contribution in [3.8, 4) is 0 Å². The molecule has 1 rings (SSSR count). The van der Waals surface area contributed by atoms with Crippen molar-refractivity contribution in [2.24, 2.45) is 0 Å². The number of ketones is 1. The molecule has 2 nitrogen and oxygen atoms in total. The van der Waals surface area contributed by atoms with Gasteiger partial charge in [-0.25, -0.2) is 4.85 Å². The van der Waals surface area contributed by atoms with Gasteiger partial charge in [0.1, 0.15) is 0 Å². The van der Waals surface area contributed by atoms with Crippen LogP contribution in [0.4, 0.5) is 5.69 Å². The number of rotatable bonds is 1. The number of nitrogens with zero attached hydrogens (tertiary/aromatic N) is 1. The average Bonchev–Trinajstić information content (AvgIpc) is 2.04. The van der Waals surface area contributed by atoms with E-state index in [4.69, 9.17) is 13.5 Å². The van der Waals surface area contributed by atoms with Crippen molar-refractivity contribution in [1.29, 1.82) is 0 Å². The minimum absolute atomic E-state index is 0.280. The summed E-state index contributed by atoms with van der Waals surface area (Å²) in [5.41, 5.74) is 0.586. The van der Waals surface area contributed by atoms with Gasteiger partial charge in [0.15, 0.2) is 11.5 Å². The highest BCUT2D eigenvalue weighted by Gasteiger charge is 2.04. The number of benzene rings is 1. The van der Waals surface area contributed by atoms with Crippen molar-refractivity contribution < 1.29 is 4.79 Å². The van der Waals surface area contributed by atoms with E-state index < -0.39 is 5.78 Å². The molecule has 0 aliphatic carbocycles. The third-order valence-electron chi connectivity index (χ3n) is 1.29. The topological polar surface area (TPSA) is 21.4 Å². The van der Waals surface area contributed by atoms with Gasteiger partial charge in [-0.05, 0) is 0 Å². The number of Topliss-reactive ketones (excluding diaryl/α,β-unsaturated/α-hetero) is 1. The first kappa shape index (κ1) is 7.49. The Bertz CT molecular complexity index is 323. The molecule has 1 aromatic carbocycles. The lowest BCUT2D eigenvalue weighted by Crippen LogP contribution is -1.90. The molecule has 0 fully saturated rings. The molecule has 2 radical (unpaired) electrons. The zero-order valence-electron chi connectivity index (χ0n) is 5.74. The molecule has 0 aliphatic heterocycles. The van der Waals surface area contributed by atoms with E-state index in [0.29, 0.717) is 5.69 Å². The maximum Gasteiger partial charge on any atom is 0.197 e. The van der Waals surface area contributed by atoms with E-state index in [-0.39, 0.29) is 5.56 Å². The quantitative estimate of drug-likeness (QED) is 0.436. The summed E-state index contributed by atoms with van der Waals surface area (Å²) in [5, 5.41) is 0. The largest absolute Gasteiger partial charge is 0.295 e. The molecule has 2 heteroatoms. The third kappa shape index (κ3) is 1.44. The highest BCUT2D eigenvalue weighted by atomic mass is 16.1. The lowest BCUT2D eigenvalue weighted by Gasteiger charge is -1.95. The van der Waals surface area contributed by atoms with Crippen LogP contribution >= 0.6 is 0 Å². The van der Waals surface area contributed by atoms with Crippen LogP contribution in [0.2, 0.25) is 0 Å². The zero-order valence-corrected chi connectivity index (χ0v) is 5.74. The van der Waals surface area contributed by atoms with Gasteiger partial charge in [0.25, 0.3) is 0 Å². The molecule has 0 unspecified atom stereocenters. The average molecular weight is 143 g/mol. The van der Waals surface area contributed by atoms with Gasteiger partial charge in [-0.3, -0.25) is 4.79 Å². The summed E-state index contributed by atoms with van der Waals surface area (Å²) in [6.07, 6.45) is 0. The number of carbonyl (C=O) groups excluding carboxylic acids is 1. The molecule has 0 N–H and O–H groups in total. The van der Waals surface area contributed by atoms with Crippen molar-refractivity contribution in [2.45, 2.75) is 0 Å². The number of para-hydroxylation sites is 1. The van der Waals surface area contributed by atoms with Crippen LogP contribution in [0.1, 0.15) is 10.4 Å². The Labute approximate surface area is 65.3 Å². The van der Waals surface area contributed by atoms with Gasteiger partial charge in [0.05, 0.1) is 6.57 Å². The molecule has 0 aromatic heterocycles. The summed E-state index contributed by atoms with van der Waals surface area (Å²) < 4.78 is 0. The molecule has 0 heterocycles. The molecule has 0 amide bonds. The standard InChI is InChI=1S/C9H5NO/c1-7(11)8-5-3-4-6-9(8)10-2/h1,3-6H. The fraction of sp³-hybridized carbons (Fsp3) is 0. The summed E-state index contributed by atoms with van der Waals surface area (Å²) in [5.74, 6) is -0.559. The maximum absolute atomic E-state index is 10.7. The van der Waals surface area contributed by atoms with Crippen molar-refractivity contribution in [3.63, 3.8) is 0 Å². The van der Waals surface area contributed by atoms with E-state index in [1.807, 2.05) is 0 Å². The normalized spacial score (nSPS) is 8.73. The van der Waals surface area contributed by atoms with Gasteiger partial charge in [0.2, 0.25) is 0 Å². The van der Waals surface area contributed by atoms with Gasteiger partial charge in [-0.15, -0.1) is 0 Å². The van der Waals surface area contributed by atoms with E-state index >= 15 is 0 Å². The van der Waals surface area contributed by atoms with Gasteiger partial charge in [-0.1, -0.05) is 24.3 Å². The molecule has 11 heavy (non-hydrogen) atoms. The highest BCUT2D eigenvalue weighted by molar-refractivity contribution is 6.04. The summed E-state index contributed by atoms with van der Waals surface area (Å²) in [6.45, 7) is 11.7. The van der Waals surface area contributed by atoms with Crippen LogP contribution in [0.15, 0.2) is 24.3 Å². The summed E-state index contributed by atoms with van der Waals surface area (Å²) >= 11 is 0. The van der Waals surface area contributed by atoms with Crippen molar-refractivity contribution in [1.82, 2.24) is 0 Å². The lowest BCUT2D eigenvalue weighted by molar-refractivity contribution is 0.104. The monoisotopic (exact) mass is 143 g/mol. The van der Waals surface area contributed by atoms with E-state index in [0.717, 1.165) is 0 Å². The molecule has 0 aliphatic rings. The number of carbonyl (C=O) groups is 1. The molecule has 1 aromatic rings. The van der Waals surface area contributed by atoms with Gasteiger partial charge < -0.3 is 0 Å².